The van der Waals surface area contributed by atoms with Crippen LogP contribution in [-0.4, -0.2) is 62.8 Å². The topological polar surface area (TPSA) is 48.9 Å². The van der Waals surface area contributed by atoms with Crippen molar-refractivity contribution in [3.8, 4) is 0 Å². The lowest BCUT2D eigenvalue weighted by Crippen LogP contribution is -2.41. The van der Waals surface area contributed by atoms with Gasteiger partial charge >= 0.3 is 0 Å². The Kier molecular flexibility index (Phi) is 7.30. The van der Waals surface area contributed by atoms with Crippen LogP contribution in [-0.2, 0) is 4.74 Å². The van der Waals surface area contributed by atoms with E-state index in [-0.39, 0.29) is 0 Å². The second-order valence-corrected chi connectivity index (χ2v) is 6.19. The molecule has 2 rings (SSSR count). The second kappa shape index (κ2) is 9.26. The van der Waals surface area contributed by atoms with Gasteiger partial charge in [0, 0.05) is 32.8 Å². The number of hydrogen-bond acceptors (Lipinski definition) is 3. The normalized spacial score (nSPS) is 27.2. The van der Waals surface area contributed by atoms with Crippen molar-refractivity contribution >= 4 is 5.96 Å². The highest BCUT2D eigenvalue weighted by Gasteiger charge is 2.21. The second-order valence-electron chi connectivity index (χ2n) is 6.19. The lowest BCUT2D eigenvalue weighted by Gasteiger charge is -2.16. The molecule has 2 fully saturated rings. The van der Waals surface area contributed by atoms with Crippen molar-refractivity contribution in [1.29, 1.82) is 0 Å². The van der Waals surface area contributed by atoms with Crippen LogP contribution in [0.5, 0.6) is 0 Å². The summed E-state index contributed by atoms with van der Waals surface area (Å²) in [5, 5.41) is 6.76. The quantitative estimate of drug-likeness (QED) is 0.551. The molecule has 0 aliphatic carbocycles. The van der Waals surface area contributed by atoms with Crippen molar-refractivity contribution in [2.24, 2.45) is 10.9 Å². The third-order valence-electron chi connectivity index (χ3n) is 4.28. The van der Waals surface area contributed by atoms with E-state index >= 15 is 0 Å². The van der Waals surface area contributed by atoms with Gasteiger partial charge in [0.1, 0.15) is 0 Å². The smallest absolute Gasteiger partial charge is 0.191 e. The fourth-order valence-electron chi connectivity index (χ4n) is 3.16. The van der Waals surface area contributed by atoms with Gasteiger partial charge in [-0.3, -0.25) is 4.99 Å². The minimum Gasteiger partial charge on any atom is -0.376 e. The number of nitrogens with zero attached hydrogens (tertiary/aromatic N) is 2. The van der Waals surface area contributed by atoms with Crippen LogP contribution >= 0.6 is 0 Å². The van der Waals surface area contributed by atoms with Crippen molar-refractivity contribution in [2.45, 2.75) is 45.6 Å². The van der Waals surface area contributed by atoms with Crippen LogP contribution in [0, 0.1) is 5.92 Å². The molecule has 0 aromatic carbocycles. The first-order valence-electron chi connectivity index (χ1n) is 8.68. The van der Waals surface area contributed by atoms with E-state index in [2.05, 4.69) is 29.4 Å². The molecule has 0 radical (unpaired) electrons. The lowest BCUT2D eigenvalue weighted by molar-refractivity contribution is 0.114. The van der Waals surface area contributed by atoms with E-state index in [1.54, 1.807) is 0 Å². The van der Waals surface area contributed by atoms with Crippen LogP contribution in [0.15, 0.2) is 4.99 Å². The zero-order valence-electron chi connectivity index (χ0n) is 13.7. The Morgan fingerprint density at radius 1 is 1.29 bits per heavy atom. The minimum absolute atomic E-state index is 0.361. The first kappa shape index (κ1) is 16.6. The SMILES string of the molecule is CCCN1CCC(CN=C(NCC)NCC2CCCO2)C1. The summed E-state index contributed by atoms with van der Waals surface area (Å²) in [5.74, 6) is 1.66. The van der Waals surface area contributed by atoms with E-state index in [4.69, 9.17) is 9.73 Å². The Morgan fingerprint density at radius 3 is 2.90 bits per heavy atom. The van der Waals surface area contributed by atoms with Crippen molar-refractivity contribution < 1.29 is 4.74 Å². The molecular formula is C16H32N4O. The Bertz CT molecular complexity index is 315. The summed E-state index contributed by atoms with van der Waals surface area (Å²) in [5.41, 5.74) is 0. The predicted molar refractivity (Wildman–Crippen MR) is 87.8 cm³/mol. The molecule has 0 spiro atoms. The number of aliphatic imine (C=N–C) groups is 1. The highest BCUT2D eigenvalue weighted by molar-refractivity contribution is 5.79. The van der Waals surface area contributed by atoms with Gasteiger partial charge in [-0.15, -0.1) is 0 Å². The Labute approximate surface area is 129 Å². The third-order valence-corrected chi connectivity index (χ3v) is 4.28. The summed E-state index contributed by atoms with van der Waals surface area (Å²) in [4.78, 5) is 7.33. The molecule has 122 valence electrons. The van der Waals surface area contributed by atoms with Crippen LogP contribution < -0.4 is 10.6 Å². The molecule has 5 heteroatoms. The first-order chi connectivity index (χ1) is 10.3. The Balaban J connectivity index is 1.72. The van der Waals surface area contributed by atoms with Gasteiger partial charge in [0.05, 0.1) is 6.10 Å². The fourth-order valence-corrected chi connectivity index (χ4v) is 3.16. The number of hydrogen-bond donors (Lipinski definition) is 2. The maximum atomic E-state index is 5.65. The van der Waals surface area contributed by atoms with Gasteiger partial charge in [0.15, 0.2) is 5.96 Å². The lowest BCUT2D eigenvalue weighted by atomic mass is 10.1. The molecule has 2 atom stereocenters. The Morgan fingerprint density at radius 2 is 2.19 bits per heavy atom. The maximum absolute atomic E-state index is 5.65. The van der Waals surface area contributed by atoms with E-state index in [9.17, 15) is 0 Å². The number of guanidine groups is 1. The van der Waals surface area contributed by atoms with Crippen LogP contribution in [0.3, 0.4) is 0 Å². The molecule has 2 heterocycles. The van der Waals surface area contributed by atoms with Crippen LogP contribution in [0.2, 0.25) is 0 Å². The fraction of sp³-hybridized carbons (Fsp3) is 0.938. The van der Waals surface area contributed by atoms with Crippen molar-refractivity contribution in [1.82, 2.24) is 15.5 Å². The molecule has 0 aromatic rings. The maximum Gasteiger partial charge on any atom is 0.191 e. The molecule has 0 bridgehead atoms. The van der Waals surface area contributed by atoms with Crippen LogP contribution in [0.4, 0.5) is 0 Å². The zero-order valence-corrected chi connectivity index (χ0v) is 13.7. The molecular weight excluding hydrogens is 264 g/mol. The summed E-state index contributed by atoms with van der Waals surface area (Å²) in [7, 11) is 0. The van der Waals surface area contributed by atoms with Gasteiger partial charge in [-0.2, -0.15) is 0 Å². The van der Waals surface area contributed by atoms with Crippen LogP contribution in [0.25, 0.3) is 0 Å². The van der Waals surface area contributed by atoms with Gasteiger partial charge in [-0.1, -0.05) is 6.92 Å². The summed E-state index contributed by atoms with van der Waals surface area (Å²) < 4.78 is 5.65. The van der Waals surface area contributed by atoms with Gasteiger partial charge < -0.3 is 20.3 Å². The largest absolute Gasteiger partial charge is 0.376 e. The van der Waals surface area contributed by atoms with Gasteiger partial charge in [-0.25, -0.2) is 0 Å². The summed E-state index contributed by atoms with van der Waals surface area (Å²) in [6.07, 6.45) is 5.26. The highest BCUT2D eigenvalue weighted by Crippen LogP contribution is 2.16. The summed E-state index contributed by atoms with van der Waals surface area (Å²) in [6, 6.07) is 0. The molecule has 0 aromatic heterocycles. The number of likely N-dealkylation sites (tertiary alicyclic amines) is 1. The molecule has 2 saturated heterocycles. The molecule has 2 aliphatic heterocycles. The summed E-state index contributed by atoms with van der Waals surface area (Å²) in [6.45, 7) is 11.7. The highest BCUT2D eigenvalue weighted by atomic mass is 16.5. The van der Waals surface area contributed by atoms with Crippen molar-refractivity contribution in [3.05, 3.63) is 0 Å². The standard InChI is InChI=1S/C16H32N4O/c1-3-8-20-9-7-14(13-20)11-18-16(17-4-2)19-12-15-6-5-10-21-15/h14-15H,3-13H2,1-2H3,(H2,17,18,19). The third kappa shape index (κ3) is 5.83. The molecule has 2 unspecified atom stereocenters. The van der Waals surface area contributed by atoms with Crippen LogP contribution in [0.1, 0.15) is 39.5 Å². The summed E-state index contributed by atoms with van der Waals surface area (Å²) >= 11 is 0. The van der Waals surface area contributed by atoms with Gasteiger partial charge in [-0.05, 0) is 51.6 Å². The van der Waals surface area contributed by atoms with Gasteiger partial charge in [0.25, 0.3) is 0 Å². The molecule has 2 aliphatic rings. The van der Waals surface area contributed by atoms with E-state index in [0.29, 0.717) is 6.10 Å². The average Bonchev–Trinajstić information content (AvgIpc) is 3.14. The first-order valence-corrected chi connectivity index (χ1v) is 8.68. The minimum atomic E-state index is 0.361. The van der Waals surface area contributed by atoms with E-state index in [0.717, 1.165) is 38.1 Å². The van der Waals surface area contributed by atoms with Gasteiger partial charge in [0.2, 0.25) is 0 Å². The van der Waals surface area contributed by atoms with E-state index < -0.39 is 0 Å². The molecule has 0 amide bonds. The molecule has 2 N–H and O–H groups in total. The number of nitrogens with one attached hydrogen (secondary N) is 2. The average molecular weight is 296 g/mol. The molecule has 5 nitrogen and oxygen atoms in total. The predicted octanol–water partition coefficient (Wildman–Crippen LogP) is 1.45. The zero-order chi connectivity index (χ0) is 14.9. The van der Waals surface area contributed by atoms with Crippen molar-refractivity contribution in [3.63, 3.8) is 0 Å². The van der Waals surface area contributed by atoms with E-state index in [1.807, 2.05) is 0 Å². The Hall–Kier alpha value is -0.810. The number of rotatable bonds is 7. The van der Waals surface area contributed by atoms with Crippen molar-refractivity contribution in [2.75, 3.05) is 45.9 Å². The van der Waals surface area contributed by atoms with E-state index in [1.165, 1.54) is 45.3 Å². The molecule has 0 saturated carbocycles. The molecule has 21 heavy (non-hydrogen) atoms. The number of ether oxygens (including phenoxy) is 1. The monoisotopic (exact) mass is 296 g/mol.